The number of nitrogen functional groups attached to an aromatic ring is 1. The molecule has 4 aromatic rings. The minimum absolute atomic E-state index is 0.0393. The van der Waals surface area contributed by atoms with Gasteiger partial charge in [-0.05, 0) is 49.9 Å². The predicted molar refractivity (Wildman–Crippen MR) is 125 cm³/mol. The van der Waals surface area contributed by atoms with Crippen LogP contribution in [0, 0.1) is 0 Å². The molecule has 4 aromatic heterocycles. The van der Waals surface area contributed by atoms with Gasteiger partial charge in [0.25, 0.3) is 5.91 Å². The smallest absolute Gasteiger partial charge is 0.254 e. The third-order valence-electron chi connectivity index (χ3n) is 5.35. The van der Waals surface area contributed by atoms with E-state index in [1.165, 1.54) is 0 Å². The van der Waals surface area contributed by atoms with Crippen molar-refractivity contribution in [2.24, 2.45) is 0 Å². The van der Waals surface area contributed by atoms with Gasteiger partial charge in [-0.1, -0.05) is 19.4 Å². The van der Waals surface area contributed by atoms with Gasteiger partial charge in [-0.3, -0.25) is 4.79 Å². The molecule has 0 saturated heterocycles. The highest BCUT2D eigenvalue weighted by Crippen LogP contribution is 2.28. The fraction of sp³-hybridized carbons (Fsp3) is 0.304. The molecule has 0 fully saturated rings. The monoisotopic (exact) mass is 434 g/mol. The van der Waals surface area contributed by atoms with Crippen molar-refractivity contribution in [3.05, 3.63) is 53.7 Å². The highest BCUT2D eigenvalue weighted by Gasteiger charge is 2.22. The quantitative estimate of drug-likeness (QED) is 0.453. The molecule has 8 heteroatoms. The zero-order valence-electron chi connectivity index (χ0n) is 17.9. The van der Waals surface area contributed by atoms with Gasteiger partial charge in [0.2, 0.25) is 0 Å². The van der Waals surface area contributed by atoms with Crippen molar-refractivity contribution < 1.29 is 4.79 Å². The van der Waals surface area contributed by atoms with Gasteiger partial charge < -0.3 is 10.6 Å². The van der Waals surface area contributed by atoms with Crippen LogP contribution in [-0.2, 0) is 0 Å². The van der Waals surface area contributed by atoms with Crippen molar-refractivity contribution in [2.45, 2.75) is 39.7 Å². The highest BCUT2D eigenvalue weighted by molar-refractivity contribution is 7.13. The van der Waals surface area contributed by atoms with Crippen LogP contribution < -0.4 is 5.73 Å². The average molecular weight is 435 g/mol. The number of carbonyl (C=O) groups is 1. The Bertz CT molecular complexity index is 1200. The topological polar surface area (TPSA) is 89.4 Å². The summed E-state index contributed by atoms with van der Waals surface area (Å²) in [4.78, 5) is 25.5. The lowest BCUT2D eigenvalue weighted by Crippen LogP contribution is -2.38. The van der Waals surface area contributed by atoms with E-state index in [2.05, 4.69) is 23.9 Å². The lowest BCUT2D eigenvalue weighted by Gasteiger charge is -2.28. The number of nitrogens with zero attached hydrogens (tertiary/aromatic N) is 5. The van der Waals surface area contributed by atoms with Gasteiger partial charge in [0.05, 0.1) is 28.0 Å². The molecule has 0 aromatic carbocycles. The Labute approximate surface area is 185 Å². The zero-order chi connectivity index (χ0) is 22.0. The number of rotatable bonds is 7. The summed E-state index contributed by atoms with van der Waals surface area (Å²) in [5, 5.41) is 6.43. The van der Waals surface area contributed by atoms with Crippen LogP contribution >= 0.6 is 11.3 Å². The van der Waals surface area contributed by atoms with E-state index in [9.17, 15) is 4.79 Å². The SMILES string of the molecule is CCCC(C)N(CC)C(=O)c1cc(N)nc(-c2cnn3ccc(-c4cccs4)nc23)c1. The first kappa shape index (κ1) is 21.0. The molecule has 0 aliphatic heterocycles. The van der Waals surface area contributed by atoms with Crippen LogP contribution in [0.2, 0.25) is 0 Å². The van der Waals surface area contributed by atoms with Crippen LogP contribution in [0.1, 0.15) is 44.0 Å². The van der Waals surface area contributed by atoms with E-state index in [1.54, 1.807) is 34.2 Å². The minimum atomic E-state index is -0.0393. The number of amides is 1. The van der Waals surface area contributed by atoms with Crippen LogP contribution in [-0.4, -0.2) is 43.0 Å². The lowest BCUT2D eigenvalue weighted by molar-refractivity contribution is 0.0695. The number of fused-ring (bicyclic) bond motifs is 1. The van der Waals surface area contributed by atoms with E-state index in [1.807, 2.05) is 41.6 Å². The van der Waals surface area contributed by atoms with Crippen LogP contribution in [0.15, 0.2) is 48.1 Å². The second-order valence-corrected chi connectivity index (χ2v) is 8.46. The summed E-state index contributed by atoms with van der Waals surface area (Å²) >= 11 is 1.63. The largest absolute Gasteiger partial charge is 0.384 e. The van der Waals surface area contributed by atoms with E-state index in [4.69, 9.17) is 10.7 Å². The number of hydrogen-bond donors (Lipinski definition) is 1. The van der Waals surface area contributed by atoms with Gasteiger partial charge in [0.1, 0.15) is 5.82 Å². The Balaban J connectivity index is 1.75. The summed E-state index contributed by atoms with van der Waals surface area (Å²) in [5.41, 5.74) is 9.51. The molecular weight excluding hydrogens is 408 g/mol. The normalized spacial score (nSPS) is 12.2. The van der Waals surface area contributed by atoms with Crippen molar-refractivity contribution in [1.82, 2.24) is 24.5 Å². The number of pyridine rings is 1. The summed E-state index contributed by atoms with van der Waals surface area (Å²) in [6, 6.07) is 9.56. The maximum Gasteiger partial charge on any atom is 0.254 e. The number of aromatic nitrogens is 4. The van der Waals surface area contributed by atoms with Crippen molar-refractivity contribution in [3.8, 4) is 21.8 Å². The second kappa shape index (κ2) is 8.85. The lowest BCUT2D eigenvalue weighted by atomic mass is 10.1. The summed E-state index contributed by atoms with van der Waals surface area (Å²) in [7, 11) is 0. The van der Waals surface area contributed by atoms with Crippen molar-refractivity contribution in [2.75, 3.05) is 12.3 Å². The summed E-state index contributed by atoms with van der Waals surface area (Å²) in [6.45, 7) is 6.84. The number of carbonyl (C=O) groups excluding carboxylic acids is 1. The molecule has 0 bridgehead atoms. The third kappa shape index (κ3) is 4.16. The molecule has 7 nitrogen and oxygen atoms in total. The molecule has 0 aliphatic rings. The van der Waals surface area contributed by atoms with Crippen LogP contribution in [0.25, 0.3) is 27.5 Å². The average Bonchev–Trinajstić information content (AvgIpc) is 3.43. The third-order valence-corrected chi connectivity index (χ3v) is 6.24. The fourth-order valence-electron chi connectivity index (χ4n) is 3.82. The van der Waals surface area contributed by atoms with Crippen LogP contribution in [0.3, 0.4) is 0 Å². The Morgan fingerprint density at radius 2 is 2.06 bits per heavy atom. The van der Waals surface area contributed by atoms with Crippen molar-refractivity contribution in [1.29, 1.82) is 0 Å². The van der Waals surface area contributed by atoms with Gasteiger partial charge >= 0.3 is 0 Å². The first-order valence-corrected chi connectivity index (χ1v) is 11.4. The van der Waals surface area contributed by atoms with E-state index >= 15 is 0 Å². The van der Waals surface area contributed by atoms with E-state index in [-0.39, 0.29) is 11.9 Å². The van der Waals surface area contributed by atoms with Gasteiger partial charge in [0.15, 0.2) is 5.65 Å². The van der Waals surface area contributed by atoms with Gasteiger partial charge in [0, 0.05) is 24.3 Å². The van der Waals surface area contributed by atoms with E-state index in [0.29, 0.717) is 29.3 Å². The molecule has 31 heavy (non-hydrogen) atoms. The summed E-state index contributed by atoms with van der Waals surface area (Å²) in [5.74, 6) is 0.260. The Hall–Kier alpha value is -3.26. The van der Waals surface area contributed by atoms with Gasteiger partial charge in [-0.15, -0.1) is 11.3 Å². The molecule has 0 radical (unpaired) electrons. The molecule has 0 saturated carbocycles. The number of anilines is 1. The molecule has 0 spiro atoms. The Kier molecular flexibility index (Phi) is 5.99. The van der Waals surface area contributed by atoms with Crippen molar-refractivity contribution in [3.63, 3.8) is 0 Å². The van der Waals surface area contributed by atoms with Crippen molar-refractivity contribution >= 4 is 28.7 Å². The van der Waals surface area contributed by atoms with E-state index in [0.717, 1.165) is 29.0 Å². The van der Waals surface area contributed by atoms with E-state index < -0.39 is 0 Å². The molecule has 1 amide bonds. The first-order chi connectivity index (χ1) is 15.0. The zero-order valence-corrected chi connectivity index (χ0v) is 18.8. The molecule has 0 aliphatic carbocycles. The van der Waals surface area contributed by atoms with Crippen LogP contribution in [0.5, 0.6) is 0 Å². The van der Waals surface area contributed by atoms with Gasteiger partial charge in [-0.2, -0.15) is 5.10 Å². The molecular formula is C23H26N6OS. The second-order valence-electron chi connectivity index (χ2n) is 7.51. The Morgan fingerprint density at radius 3 is 2.77 bits per heavy atom. The number of nitrogens with two attached hydrogens (primary N) is 1. The number of thiophene rings is 1. The van der Waals surface area contributed by atoms with Gasteiger partial charge in [-0.25, -0.2) is 14.5 Å². The molecule has 1 atom stereocenters. The molecule has 160 valence electrons. The molecule has 4 rings (SSSR count). The minimum Gasteiger partial charge on any atom is -0.384 e. The first-order valence-electron chi connectivity index (χ1n) is 10.5. The number of hydrogen-bond acceptors (Lipinski definition) is 6. The Morgan fingerprint density at radius 1 is 1.23 bits per heavy atom. The molecule has 4 heterocycles. The molecule has 2 N–H and O–H groups in total. The summed E-state index contributed by atoms with van der Waals surface area (Å²) in [6.07, 6.45) is 5.57. The maximum absolute atomic E-state index is 13.2. The highest BCUT2D eigenvalue weighted by atomic mass is 32.1. The molecule has 1 unspecified atom stereocenters. The maximum atomic E-state index is 13.2. The predicted octanol–water partition coefficient (Wildman–Crippen LogP) is 4.75. The van der Waals surface area contributed by atoms with Crippen LogP contribution in [0.4, 0.5) is 5.82 Å². The summed E-state index contributed by atoms with van der Waals surface area (Å²) < 4.78 is 1.71. The fourth-order valence-corrected chi connectivity index (χ4v) is 4.51. The standard InChI is InChI=1S/C23H26N6OS/c1-4-7-15(3)28(5-2)23(30)16-12-19(26-21(24)13-16)17-14-25-29-10-9-18(27-22(17)29)20-8-6-11-31-20/h6,8-15H,4-5,7H2,1-3H3,(H2,24,26).